The summed E-state index contributed by atoms with van der Waals surface area (Å²) in [5.74, 6) is -0.122. The molecule has 5 atom stereocenters. The first-order valence-electron chi connectivity index (χ1n) is 11.6. The van der Waals surface area contributed by atoms with Gasteiger partial charge in [-0.3, -0.25) is 4.79 Å². The number of methoxy groups -OCH3 is 1. The van der Waals surface area contributed by atoms with E-state index in [0.29, 0.717) is 23.1 Å². The largest absolute Gasteiger partial charge is 0.506 e. The number of aryl methyl sites for hydroxylation is 2. The van der Waals surface area contributed by atoms with Crippen molar-refractivity contribution in [3.8, 4) is 17.2 Å². The van der Waals surface area contributed by atoms with Gasteiger partial charge in [0.15, 0.2) is 5.78 Å². The molecule has 0 aromatic heterocycles. The third kappa shape index (κ3) is 5.02. The highest BCUT2D eigenvalue weighted by molar-refractivity contribution is 6.08. The highest BCUT2D eigenvalue weighted by Crippen LogP contribution is 2.42. The number of carbonyl (C=O) groups is 1. The van der Waals surface area contributed by atoms with Crippen LogP contribution in [0.1, 0.15) is 27.9 Å². The molecule has 0 amide bonds. The van der Waals surface area contributed by atoms with E-state index in [2.05, 4.69) is 0 Å². The number of Topliss-reactive ketones (excluding diaryl/α,β-unsaturated/α-hetero) is 1. The van der Waals surface area contributed by atoms with Gasteiger partial charge in [-0.1, -0.05) is 36.4 Å². The number of phenols is 1. The monoisotopic (exact) mass is 498 g/mol. The first kappa shape index (κ1) is 25.9. The van der Waals surface area contributed by atoms with Crippen molar-refractivity contribution >= 4 is 16.6 Å². The zero-order valence-corrected chi connectivity index (χ0v) is 20.0. The fraction of sp³-hybridized carbons (Fsp3) is 0.370. The maximum Gasteiger partial charge on any atom is 0.229 e. The Bertz CT molecular complexity index is 1230. The highest BCUT2D eigenvalue weighted by Gasteiger charge is 2.45. The summed E-state index contributed by atoms with van der Waals surface area (Å²) >= 11 is 0. The topological polar surface area (TPSA) is 146 Å². The molecule has 0 bridgehead atoms. The number of hydrogen-bond donors (Lipinski definition) is 5. The zero-order chi connectivity index (χ0) is 26.0. The number of hydrogen-bond acceptors (Lipinski definition) is 9. The third-order valence-corrected chi connectivity index (χ3v) is 6.44. The molecule has 192 valence electrons. The number of aromatic hydroxyl groups is 1. The molecule has 36 heavy (non-hydrogen) atoms. The Hall–Kier alpha value is -3.21. The van der Waals surface area contributed by atoms with Crippen LogP contribution in [0.15, 0.2) is 48.5 Å². The number of fused-ring (bicyclic) bond motifs is 1. The Labute approximate surface area is 208 Å². The summed E-state index contributed by atoms with van der Waals surface area (Å²) in [5, 5.41) is 52.1. The first-order chi connectivity index (χ1) is 17.2. The quantitative estimate of drug-likeness (QED) is 0.294. The van der Waals surface area contributed by atoms with Gasteiger partial charge in [0, 0.05) is 12.5 Å². The van der Waals surface area contributed by atoms with Crippen LogP contribution in [0.3, 0.4) is 0 Å². The first-order valence-corrected chi connectivity index (χ1v) is 11.6. The second kappa shape index (κ2) is 10.8. The maximum absolute atomic E-state index is 13.2. The molecule has 1 aliphatic rings. The molecule has 0 radical (unpaired) electrons. The second-order valence-corrected chi connectivity index (χ2v) is 8.86. The van der Waals surface area contributed by atoms with Crippen LogP contribution in [-0.2, 0) is 11.2 Å². The van der Waals surface area contributed by atoms with E-state index in [4.69, 9.17) is 14.2 Å². The molecule has 3 aromatic rings. The lowest BCUT2D eigenvalue weighted by Gasteiger charge is -2.39. The average Bonchev–Trinajstić information content (AvgIpc) is 2.87. The number of phenolic OH excluding ortho intramolecular Hbond substituents is 1. The van der Waals surface area contributed by atoms with Crippen molar-refractivity contribution in [1.29, 1.82) is 0 Å². The van der Waals surface area contributed by atoms with E-state index < -0.39 is 37.3 Å². The average molecular weight is 499 g/mol. The minimum Gasteiger partial charge on any atom is -0.506 e. The number of ether oxygens (including phenoxy) is 3. The van der Waals surface area contributed by atoms with E-state index in [9.17, 15) is 30.3 Å². The van der Waals surface area contributed by atoms with Crippen molar-refractivity contribution in [1.82, 2.24) is 0 Å². The molecule has 1 fully saturated rings. The summed E-state index contributed by atoms with van der Waals surface area (Å²) in [6.07, 6.45) is -6.79. The van der Waals surface area contributed by atoms with Crippen LogP contribution in [0, 0.1) is 6.92 Å². The van der Waals surface area contributed by atoms with Crippen molar-refractivity contribution in [3.05, 3.63) is 65.2 Å². The molecule has 0 saturated carbocycles. The lowest BCUT2D eigenvalue weighted by Crippen LogP contribution is -2.60. The maximum atomic E-state index is 13.2. The summed E-state index contributed by atoms with van der Waals surface area (Å²) in [5.41, 5.74) is 1.73. The molecule has 9 nitrogen and oxygen atoms in total. The van der Waals surface area contributed by atoms with Crippen LogP contribution in [0.2, 0.25) is 0 Å². The molecule has 9 heteroatoms. The van der Waals surface area contributed by atoms with Gasteiger partial charge in [0.1, 0.15) is 41.7 Å². The van der Waals surface area contributed by atoms with Crippen molar-refractivity contribution in [2.75, 3.05) is 13.7 Å². The van der Waals surface area contributed by atoms with Gasteiger partial charge in [0.05, 0.1) is 24.7 Å². The summed E-state index contributed by atoms with van der Waals surface area (Å²) in [4.78, 5) is 13.2. The SMILES string of the molecule is COc1cc(O[C@H]2O[C@H](CO)[C@@H](O)[C@H](O)[C@H]2O)c2c(O)c(C(=O)CCc3ccccc3)c(C)cc2c1. The van der Waals surface area contributed by atoms with Crippen molar-refractivity contribution in [3.63, 3.8) is 0 Å². The van der Waals surface area contributed by atoms with E-state index in [0.717, 1.165) is 5.56 Å². The molecule has 1 aliphatic heterocycles. The van der Waals surface area contributed by atoms with Gasteiger partial charge in [-0.2, -0.15) is 0 Å². The van der Waals surface area contributed by atoms with Gasteiger partial charge < -0.3 is 39.7 Å². The summed E-state index contributed by atoms with van der Waals surface area (Å²) in [6, 6.07) is 14.4. The van der Waals surface area contributed by atoms with Gasteiger partial charge in [-0.05, 0) is 35.9 Å². The molecule has 0 unspecified atom stereocenters. The smallest absolute Gasteiger partial charge is 0.229 e. The summed E-state index contributed by atoms with van der Waals surface area (Å²) in [7, 11) is 1.45. The fourth-order valence-corrected chi connectivity index (χ4v) is 4.48. The van der Waals surface area contributed by atoms with E-state index in [-0.39, 0.29) is 34.7 Å². The number of ketones is 1. The Balaban J connectivity index is 1.72. The minimum atomic E-state index is -1.65. The van der Waals surface area contributed by atoms with Crippen LogP contribution in [-0.4, -0.2) is 75.7 Å². The Morgan fingerprint density at radius 3 is 2.42 bits per heavy atom. The van der Waals surface area contributed by atoms with E-state index in [1.807, 2.05) is 30.3 Å². The predicted octanol–water partition coefficient (Wildman–Crippen LogP) is 1.86. The van der Waals surface area contributed by atoms with Crippen LogP contribution >= 0.6 is 0 Å². The van der Waals surface area contributed by atoms with Crippen LogP contribution in [0.4, 0.5) is 0 Å². The van der Waals surface area contributed by atoms with Gasteiger partial charge in [-0.15, -0.1) is 0 Å². The molecular weight excluding hydrogens is 468 g/mol. The number of benzene rings is 3. The molecule has 4 rings (SSSR count). The van der Waals surface area contributed by atoms with Gasteiger partial charge in [-0.25, -0.2) is 0 Å². The van der Waals surface area contributed by atoms with Crippen molar-refractivity contribution < 1.29 is 44.5 Å². The summed E-state index contributed by atoms with van der Waals surface area (Å²) in [6.45, 7) is 1.11. The number of aliphatic hydroxyl groups excluding tert-OH is 4. The van der Waals surface area contributed by atoms with Crippen molar-refractivity contribution in [2.24, 2.45) is 0 Å². The lowest BCUT2D eigenvalue weighted by molar-refractivity contribution is -0.277. The molecule has 3 aromatic carbocycles. The third-order valence-electron chi connectivity index (χ3n) is 6.44. The Kier molecular flexibility index (Phi) is 7.77. The van der Waals surface area contributed by atoms with Gasteiger partial charge >= 0.3 is 0 Å². The number of carbonyl (C=O) groups excluding carboxylic acids is 1. The zero-order valence-electron chi connectivity index (χ0n) is 20.0. The minimum absolute atomic E-state index is 0.0308. The summed E-state index contributed by atoms with van der Waals surface area (Å²) < 4.78 is 16.7. The molecule has 0 spiro atoms. The molecular formula is C27H30O9. The van der Waals surface area contributed by atoms with Crippen LogP contribution in [0.25, 0.3) is 10.8 Å². The Morgan fingerprint density at radius 1 is 1.03 bits per heavy atom. The lowest BCUT2D eigenvalue weighted by atomic mass is 9.94. The van der Waals surface area contributed by atoms with E-state index in [1.165, 1.54) is 13.2 Å². The molecule has 1 heterocycles. The molecule has 0 aliphatic carbocycles. The molecule has 5 N–H and O–H groups in total. The van der Waals surface area contributed by atoms with Crippen LogP contribution < -0.4 is 9.47 Å². The Morgan fingerprint density at radius 2 is 1.75 bits per heavy atom. The van der Waals surface area contributed by atoms with Gasteiger partial charge in [0.2, 0.25) is 6.29 Å². The fourth-order valence-electron chi connectivity index (χ4n) is 4.48. The highest BCUT2D eigenvalue weighted by atomic mass is 16.7. The standard InChI is InChI=1S/C27H30O9/c1-14-10-16-11-17(34-2)12-19(35-27-26(33)25(32)23(30)20(13-28)36-27)22(16)24(31)21(14)18(29)9-8-15-6-4-3-5-7-15/h3-7,10-12,20,23,25-28,30-33H,8-9,13H2,1-2H3/t20-,23-,25+,26-,27+/m1/s1. The second-order valence-electron chi connectivity index (χ2n) is 8.86. The van der Waals surface area contributed by atoms with E-state index in [1.54, 1.807) is 19.1 Å². The molecule has 1 saturated heterocycles. The number of rotatable bonds is 8. The van der Waals surface area contributed by atoms with Crippen LogP contribution in [0.5, 0.6) is 17.2 Å². The normalized spacial score (nSPS) is 24.0. The number of aliphatic hydroxyl groups is 4. The predicted molar refractivity (Wildman–Crippen MR) is 130 cm³/mol. The van der Waals surface area contributed by atoms with Gasteiger partial charge in [0.25, 0.3) is 0 Å². The van der Waals surface area contributed by atoms with E-state index >= 15 is 0 Å². The van der Waals surface area contributed by atoms with Crippen molar-refractivity contribution in [2.45, 2.75) is 50.5 Å².